The minimum absolute atomic E-state index is 0.0710. The molecule has 3 nitrogen and oxygen atoms in total. The van der Waals surface area contributed by atoms with Crippen LogP contribution < -0.4 is 5.32 Å². The predicted molar refractivity (Wildman–Crippen MR) is 85.0 cm³/mol. The largest absolute Gasteiger partial charge is 0.370 e. The summed E-state index contributed by atoms with van der Waals surface area (Å²) in [5.74, 6) is -1.42. The number of hydrogen-bond donors (Lipinski definition) is 1. The van der Waals surface area contributed by atoms with Crippen LogP contribution in [0.2, 0.25) is 0 Å². The van der Waals surface area contributed by atoms with Gasteiger partial charge in [0.05, 0.1) is 0 Å². The normalized spacial score (nSPS) is 15.5. The first-order chi connectivity index (χ1) is 11.1. The Labute approximate surface area is 133 Å². The lowest BCUT2D eigenvalue weighted by atomic mass is 10.0. The Bertz CT molecular complexity index is 664. The van der Waals surface area contributed by atoms with Gasteiger partial charge in [0.1, 0.15) is 17.7 Å². The summed E-state index contributed by atoms with van der Waals surface area (Å²) < 4.78 is 26.8. The zero-order chi connectivity index (χ0) is 16.2. The van der Waals surface area contributed by atoms with Gasteiger partial charge in [0, 0.05) is 24.8 Å². The SMILES string of the molecule is O=C([C@H](Nc1cc(F)cc(F)c1)c1ccccc1)N1CCCC1. The van der Waals surface area contributed by atoms with Crippen molar-refractivity contribution in [3.63, 3.8) is 0 Å². The third-order valence-corrected chi connectivity index (χ3v) is 3.97. The second-order valence-corrected chi connectivity index (χ2v) is 5.68. The summed E-state index contributed by atoms with van der Waals surface area (Å²) in [5.41, 5.74) is 1.03. The van der Waals surface area contributed by atoms with Crippen LogP contribution >= 0.6 is 0 Å². The van der Waals surface area contributed by atoms with Crippen LogP contribution in [0.5, 0.6) is 0 Å². The second-order valence-electron chi connectivity index (χ2n) is 5.68. The average molecular weight is 316 g/mol. The van der Waals surface area contributed by atoms with Crippen LogP contribution in [0.4, 0.5) is 14.5 Å². The van der Waals surface area contributed by atoms with E-state index in [0.717, 1.165) is 37.6 Å². The summed E-state index contributed by atoms with van der Waals surface area (Å²) >= 11 is 0. The third kappa shape index (κ3) is 3.67. The van der Waals surface area contributed by atoms with Gasteiger partial charge in [-0.25, -0.2) is 8.78 Å². The molecular formula is C18H18F2N2O. The van der Waals surface area contributed by atoms with Crippen molar-refractivity contribution in [2.45, 2.75) is 18.9 Å². The molecule has 120 valence electrons. The number of nitrogens with one attached hydrogen (secondary N) is 1. The van der Waals surface area contributed by atoms with Crippen molar-refractivity contribution in [2.24, 2.45) is 0 Å². The van der Waals surface area contributed by atoms with Crippen LogP contribution in [-0.2, 0) is 4.79 Å². The van der Waals surface area contributed by atoms with Gasteiger partial charge in [-0.05, 0) is 30.5 Å². The van der Waals surface area contributed by atoms with Crippen LogP contribution in [0.3, 0.4) is 0 Å². The fourth-order valence-corrected chi connectivity index (χ4v) is 2.86. The van der Waals surface area contributed by atoms with Gasteiger partial charge in [0.2, 0.25) is 5.91 Å². The van der Waals surface area contributed by atoms with E-state index in [2.05, 4.69) is 5.32 Å². The van der Waals surface area contributed by atoms with Crippen molar-refractivity contribution in [2.75, 3.05) is 18.4 Å². The van der Waals surface area contributed by atoms with Crippen molar-refractivity contribution >= 4 is 11.6 Å². The molecule has 0 bridgehead atoms. The quantitative estimate of drug-likeness (QED) is 0.932. The van der Waals surface area contributed by atoms with Crippen LogP contribution in [0, 0.1) is 11.6 Å². The van der Waals surface area contributed by atoms with E-state index in [1.807, 2.05) is 30.3 Å². The number of nitrogens with zero attached hydrogens (tertiary/aromatic N) is 1. The van der Waals surface area contributed by atoms with Crippen LogP contribution in [-0.4, -0.2) is 23.9 Å². The Hall–Kier alpha value is -2.43. The standard InChI is InChI=1S/C18H18F2N2O/c19-14-10-15(20)12-16(11-14)21-17(13-6-2-1-3-7-13)18(23)22-8-4-5-9-22/h1-3,6-7,10-12,17,21H,4-5,8-9H2/t17-/m1/s1. The van der Waals surface area contributed by atoms with E-state index in [-0.39, 0.29) is 11.6 Å². The number of carbonyl (C=O) groups excluding carboxylic acids is 1. The maximum Gasteiger partial charge on any atom is 0.249 e. The molecule has 0 aromatic heterocycles. The molecule has 23 heavy (non-hydrogen) atoms. The molecule has 1 aliphatic rings. The molecule has 0 saturated carbocycles. The van der Waals surface area contributed by atoms with Gasteiger partial charge < -0.3 is 10.2 Å². The van der Waals surface area contributed by atoms with E-state index in [1.165, 1.54) is 12.1 Å². The molecule has 1 amide bonds. The Morgan fingerprint density at radius 2 is 1.61 bits per heavy atom. The highest BCUT2D eigenvalue weighted by atomic mass is 19.1. The molecule has 1 heterocycles. The zero-order valence-electron chi connectivity index (χ0n) is 12.6. The summed E-state index contributed by atoms with van der Waals surface area (Å²) in [7, 11) is 0. The van der Waals surface area contributed by atoms with E-state index in [0.29, 0.717) is 0 Å². The molecule has 2 aromatic carbocycles. The van der Waals surface area contributed by atoms with E-state index < -0.39 is 17.7 Å². The molecule has 1 saturated heterocycles. The molecule has 1 N–H and O–H groups in total. The Kier molecular flexibility index (Phi) is 4.55. The number of benzene rings is 2. The van der Waals surface area contributed by atoms with E-state index in [4.69, 9.17) is 0 Å². The van der Waals surface area contributed by atoms with Crippen LogP contribution in [0.25, 0.3) is 0 Å². The van der Waals surface area contributed by atoms with Gasteiger partial charge in [-0.15, -0.1) is 0 Å². The topological polar surface area (TPSA) is 32.3 Å². The van der Waals surface area contributed by atoms with Crippen molar-refractivity contribution in [1.82, 2.24) is 4.90 Å². The smallest absolute Gasteiger partial charge is 0.249 e. The third-order valence-electron chi connectivity index (χ3n) is 3.97. The van der Waals surface area contributed by atoms with E-state index >= 15 is 0 Å². The molecule has 0 spiro atoms. The minimum atomic E-state index is -0.673. The highest BCUT2D eigenvalue weighted by Gasteiger charge is 2.27. The molecule has 3 rings (SSSR count). The first-order valence-corrected chi connectivity index (χ1v) is 7.70. The highest BCUT2D eigenvalue weighted by Crippen LogP contribution is 2.25. The highest BCUT2D eigenvalue weighted by molar-refractivity contribution is 5.86. The van der Waals surface area contributed by atoms with Crippen molar-refractivity contribution in [3.8, 4) is 0 Å². The molecule has 1 atom stereocenters. The van der Waals surface area contributed by atoms with Crippen LogP contribution in [0.1, 0.15) is 24.4 Å². The number of rotatable bonds is 4. The lowest BCUT2D eigenvalue weighted by molar-refractivity contribution is -0.131. The monoisotopic (exact) mass is 316 g/mol. The Morgan fingerprint density at radius 1 is 1.00 bits per heavy atom. The predicted octanol–water partition coefficient (Wildman–Crippen LogP) is 3.74. The Morgan fingerprint density at radius 3 is 2.22 bits per heavy atom. The van der Waals surface area contributed by atoms with E-state index in [9.17, 15) is 13.6 Å². The fraction of sp³-hybridized carbons (Fsp3) is 0.278. The summed E-state index contributed by atoms with van der Waals surface area (Å²) in [6.45, 7) is 1.45. The lowest BCUT2D eigenvalue weighted by Gasteiger charge is -2.25. The zero-order valence-corrected chi connectivity index (χ0v) is 12.6. The first-order valence-electron chi connectivity index (χ1n) is 7.70. The molecule has 0 unspecified atom stereocenters. The van der Waals surface area contributed by atoms with Crippen molar-refractivity contribution in [1.29, 1.82) is 0 Å². The lowest BCUT2D eigenvalue weighted by Crippen LogP contribution is -2.36. The summed E-state index contributed by atoms with van der Waals surface area (Å²) in [6.07, 6.45) is 1.98. The van der Waals surface area contributed by atoms with Crippen molar-refractivity contribution in [3.05, 3.63) is 65.7 Å². The minimum Gasteiger partial charge on any atom is -0.370 e. The number of carbonyl (C=O) groups is 1. The Balaban J connectivity index is 1.90. The van der Waals surface area contributed by atoms with Gasteiger partial charge in [-0.2, -0.15) is 0 Å². The van der Waals surface area contributed by atoms with Gasteiger partial charge in [-0.1, -0.05) is 30.3 Å². The molecule has 0 radical (unpaired) electrons. The molecule has 5 heteroatoms. The van der Waals surface area contributed by atoms with Gasteiger partial charge in [0.25, 0.3) is 0 Å². The number of anilines is 1. The van der Waals surface area contributed by atoms with Crippen LogP contribution in [0.15, 0.2) is 48.5 Å². The molecule has 0 aliphatic carbocycles. The second kappa shape index (κ2) is 6.77. The maximum absolute atomic E-state index is 13.4. The molecule has 1 aliphatic heterocycles. The summed E-state index contributed by atoms with van der Waals surface area (Å²) in [4.78, 5) is 14.6. The molecule has 1 fully saturated rings. The number of amides is 1. The van der Waals surface area contributed by atoms with E-state index in [1.54, 1.807) is 4.90 Å². The first kappa shape index (κ1) is 15.5. The number of likely N-dealkylation sites (tertiary alicyclic amines) is 1. The number of hydrogen-bond acceptors (Lipinski definition) is 2. The summed E-state index contributed by atoms with van der Waals surface area (Å²) in [6, 6.07) is 11.7. The molecular weight excluding hydrogens is 298 g/mol. The summed E-state index contributed by atoms with van der Waals surface area (Å²) in [5, 5.41) is 2.98. The van der Waals surface area contributed by atoms with Gasteiger partial charge in [-0.3, -0.25) is 4.79 Å². The maximum atomic E-state index is 13.4. The average Bonchev–Trinajstić information content (AvgIpc) is 3.06. The van der Waals surface area contributed by atoms with Gasteiger partial charge >= 0.3 is 0 Å². The van der Waals surface area contributed by atoms with Gasteiger partial charge in [0.15, 0.2) is 0 Å². The molecule has 2 aromatic rings. The van der Waals surface area contributed by atoms with Crippen molar-refractivity contribution < 1.29 is 13.6 Å². The number of halogens is 2. The fourth-order valence-electron chi connectivity index (χ4n) is 2.86.